The lowest BCUT2D eigenvalue weighted by Gasteiger charge is -2.15. The molecule has 1 unspecified atom stereocenters. The molecular weight excluding hydrogens is 368 g/mol. The van der Waals surface area contributed by atoms with Gasteiger partial charge in [0.2, 0.25) is 5.95 Å². The predicted molar refractivity (Wildman–Crippen MR) is 103 cm³/mol. The Labute approximate surface area is 158 Å². The molecule has 1 aliphatic rings. The summed E-state index contributed by atoms with van der Waals surface area (Å²) in [5.74, 6) is 0.602. The van der Waals surface area contributed by atoms with E-state index in [-0.39, 0.29) is 35.3 Å². The molecule has 3 rings (SSSR count). The lowest BCUT2D eigenvalue weighted by atomic mass is 10.2. The van der Waals surface area contributed by atoms with Crippen LogP contribution in [0, 0.1) is 0 Å². The second-order valence-electron chi connectivity index (χ2n) is 6.63. The molecule has 0 saturated carbocycles. The summed E-state index contributed by atoms with van der Waals surface area (Å²) in [4.78, 5) is 20.8. The number of ether oxygens (including phenoxy) is 1. The van der Waals surface area contributed by atoms with Crippen LogP contribution >= 0.6 is 0 Å². The van der Waals surface area contributed by atoms with Crippen LogP contribution in [0.3, 0.4) is 0 Å². The van der Waals surface area contributed by atoms with Gasteiger partial charge in [0.25, 0.3) is 5.91 Å². The minimum absolute atomic E-state index is 0.0272. The van der Waals surface area contributed by atoms with E-state index in [1.165, 1.54) is 12.3 Å². The van der Waals surface area contributed by atoms with Crippen molar-refractivity contribution in [2.75, 3.05) is 22.1 Å². The summed E-state index contributed by atoms with van der Waals surface area (Å²) in [6, 6.07) is 8.42. The summed E-state index contributed by atoms with van der Waals surface area (Å²) in [6.07, 6.45) is 1.94. The van der Waals surface area contributed by atoms with Crippen molar-refractivity contribution in [3.05, 3.63) is 42.2 Å². The first-order chi connectivity index (χ1) is 12.8. The number of carbonyl (C=O) groups excluding carboxylic acids is 1. The SMILES string of the molecule is CC(C)Oc1ccccc1NC(=O)c1ccnc(NC2CCS(=O)(=O)C2)n1. The molecule has 144 valence electrons. The van der Waals surface area contributed by atoms with E-state index in [4.69, 9.17) is 4.74 Å². The van der Waals surface area contributed by atoms with Gasteiger partial charge in [-0.1, -0.05) is 12.1 Å². The van der Waals surface area contributed by atoms with Crippen LogP contribution in [-0.4, -0.2) is 47.9 Å². The molecule has 0 radical (unpaired) electrons. The van der Waals surface area contributed by atoms with Crippen molar-refractivity contribution in [1.82, 2.24) is 9.97 Å². The van der Waals surface area contributed by atoms with Crippen molar-refractivity contribution in [1.29, 1.82) is 0 Å². The van der Waals surface area contributed by atoms with E-state index in [1.54, 1.807) is 18.2 Å². The molecule has 1 aromatic carbocycles. The maximum absolute atomic E-state index is 12.6. The molecule has 2 N–H and O–H groups in total. The maximum atomic E-state index is 12.6. The molecule has 8 nitrogen and oxygen atoms in total. The van der Waals surface area contributed by atoms with Crippen molar-refractivity contribution < 1.29 is 17.9 Å². The molecule has 1 aliphatic heterocycles. The highest BCUT2D eigenvalue weighted by Gasteiger charge is 2.28. The number of hydrogen-bond acceptors (Lipinski definition) is 7. The minimum atomic E-state index is -3.01. The molecule has 9 heteroatoms. The van der Waals surface area contributed by atoms with Gasteiger partial charge in [0.05, 0.1) is 23.3 Å². The number of para-hydroxylation sites is 2. The second kappa shape index (κ2) is 7.91. The van der Waals surface area contributed by atoms with Gasteiger partial charge in [-0.2, -0.15) is 0 Å². The fourth-order valence-corrected chi connectivity index (χ4v) is 4.43. The average Bonchev–Trinajstić information content (AvgIpc) is 2.95. The van der Waals surface area contributed by atoms with Gasteiger partial charge in [-0.15, -0.1) is 0 Å². The third-order valence-electron chi connectivity index (χ3n) is 3.95. The third-order valence-corrected chi connectivity index (χ3v) is 5.72. The number of benzene rings is 1. The molecule has 1 aromatic heterocycles. The Hall–Kier alpha value is -2.68. The van der Waals surface area contributed by atoms with E-state index in [0.29, 0.717) is 17.9 Å². The van der Waals surface area contributed by atoms with Crippen LogP contribution in [-0.2, 0) is 9.84 Å². The first-order valence-corrected chi connectivity index (χ1v) is 10.5. The fraction of sp³-hybridized carbons (Fsp3) is 0.389. The Morgan fingerprint density at radius 1 is 1.26 bits per heavy atom. The summed E-state index contributed by atoms with van der Waals surface area (Å²) in [5.41, 5.74) is 0.721. The smallest absolute Gasteiger partial charge is 0.274 e. The molecular formula is C18H22N4O4S. The van der Waals surface area contributed by atoms with Crippen LogP contribution in [0.2, 0.25) is 0 Å². The van der Waals surface area contributed by atoms with Crippen molar-refractivity contribution in [2.45, 2.75) is 32.4 Å². The Morgan fingerprint density at radius 3 is 2.74 bits per heavy atom. The number of nitrogens with one attached hydrogen (secondary N) is 2. The van der Waals surface area contributed by atoms with Crippen LogP contribution in [0.1, 0.15) is 30.8 Å². The van der Waals surface area contributed by atoms with E-state index >= 15 is 0 Å². The Bertz CT molecular complexity index is 930. The van der Waals surface area contributed by atoms with Gasteiger partial charge in [0.15, 0.2) is 9.84 Å². The number of nitrogens with zero attached hydrogens (tertiary/aromatic N) is 2. The summed E-state index contributed by atoms with van der Waals surface area (Å²) in [7, 11) is -3.01. The molecule has 0 bridgehead atoms. The molecule has 1 saturated heterocycles. The van der Waals surface area contributed by atoms with Gasteiger partial charge < -0.3 is 15.4 Å². The fourth-order valence-electron chi connectivity index (χ4n) is 2.76. The first kappa shape index (κ1) is 19.1. The molecule has 1 atom stereocenters. The molecule has 1 amide bonds. The molecule has 27 heavy (non-hydrogen) atoms. The van der Waals surface area contributed by atoms with E-state index in [1.807, 2.05) is 19.9 Å². The summed E-state index contributed by atoms with van der Waals surface area (Å²) < 4.78 is 28.8. The van der Waals surface area contributed by atoms with Gasteiger partial charge in [0, 0.05) is 12.2 Å². The number of amides is 1. The molecule has 2 heterocycles. The minimum Gasteiger partial charge on any atom is -0.489 e. The number of rotatable bonds is 6. The van der Waals surface area contributed by atoms with Crippen molar-refractivity contribution in [2.24, 2.45) is 0 Å². The largest absolute Gasteiger partial charge is 0.489 e. The lowest BCUT2D eigenvalue weighted by molar-refractivity contribution is 0.102. The van der Waals surface area contributed by atoms with Crippen molar-refractivity contribution in [3.63, 3.8) is 0 Å². The van der Waals surface area contributed by atoms with Gasteiger partial charge >= 0.3 is 0 Å². The summed E-state index contributed by atoms with van der Waals surface area (Å²) in [6.45, 7) is 3.81. The number of aromatic nitrogens is 2. The lowest BCUT2D eigenvalue weighted by Crippen LogP contribution is -2.23. The molecule has 0 aliphatic carbocycles. The third kappa shape index (κ3) is 5.16. The van der Waals surface area contributed by atoms with Crippen LogP contribution in [0.5, 0.6) is 5.75 Å². The highest BCUT2D eigenvalue weighted by molar-refractivity contribution is 7.91. The first-order valence-electron chi connectivity index (χ1n) is 8.69. The summed E-state index contributed by atoms with van der Waals surface area (Å²) >= 11 is 0. The zero-order valence-corrected chi connectivity index (χ0v) is 16.0. The Kier molecular flexibility index (Phi) is 5.59. The average molecular weight is 390 g/mol. The predicted octanol–water partition coefficient (Wildman–Crippen LogP) is 2.12. The van der Waals surface area contributed by atoms with Gasteiger partial charge in [0.1, 0.15) is 11.4 Å². The standard InChI is InChI=1S/C18H22N4O4S/c1-12(2)26-16-6-4-3-5-14(16)21-17(23)15-7-9-19-18(22-15)20-13-8-10-27(24,25)11-13/h3-7,9,12-13H,8,10-11H2,1-2H3,(H,21,23)(H,19,20,22). The molecule has 2 aromatic rings. The van der Waals surface area contributed by atoms with Crippen LogP contribution in [0.25, 0.3) is 0 Å². The normalized spacial score (nSPS) is 18.3. The maximum Gasteiger partial charge on any atom is 0.274 e. The van der Waals surface area contributed by atoms with E-state index in [2.05, 4.69) is 20.6 Å². The monoisotopic (exact) mass is 390 g/mol. The number of sulfone groups is 1. The Morgan fingerprint density at radius 2 is 2.04 bits per heavy atom. The number of hydrogen-bond donors (Lipinski definition) is 2. The zero-order valence-electron chi connectivity index (χ0n) is 15.2. The van der Waals surface area contributed by atoms with Crippen LogP contribution in [0.15, 0.2) is 36.5 Å². The van der Waals surface area contributed by atoms with Crippen molar-refractivity contribution in [3.8, 4) is 5.75 Å². The quantitative estimate of drug-likeness (QED) is 0.777. The zero-order chi connectivity index (χ0) is 19.4. The highest BCUT2D eigenvalue weighted by Crippen LogP contribution is 2.25. The second-order valence-corrected chi connectivity index (χ2v) is 8.86. The highest BCUT2D eigenvalue weighted by atomic mass is 32.2. The Balaban J connectivity index is 1.71. The topological polar surface area (TPSA) is 110 Å². The van der Waals surface area contributed by atoms with Gasteiger partial charge in [-0.3, -0.25) is 4.79 Å². The van der Waals surface area contributed by atoms with Gasteiger partial charge in [-0.25, -0.2) is 18.4 Å². The van der Waals surface area contributed by atoms with Crippen LogP contribution < -0.4 is 15.4 Å². The number of anilines is 2. The van der Waals surface area contributed by atoms with Crippen molar-refractivity contribution >= 4 is 27.4 Å². The summed E-state index contributed by atoms with van der Waals surface area (Å²) in [5, 5.41) is 5.78. The molecule has 1 fully saturated rings. The van der Waals surface area contributed by atoms with E-state index < -0.39 is 15.7 Å². The van der Waals surface area contributed by atoms with E-state index in [0.717, 1.165) is 0 Å². The molecule has 0 spiro atoms. The number of carbonyl (C=O) groups is 1. The van der Waals surface area contributed by atoms with E-state index in [9.17, 15) is 13.2 Å². The van der Waals surface area contributed by atoms with Crippen LogP contribution in [0.4, 0.5) is 11.6 Å². The van der Waals surface area contributed by atoms with Gasteiger partial charge in [-0.05, 0) is 38.5 Å².